The Kier molecular flexibility index (Phi) is 6.95. The molecular formula is C17H16ClN3O6. The van der Waals surface area contributed by atoms with Gasteiger partial charge in [-0.15, -0.1) is 0 Å². The summed E-state index contributed by atoms with van der Waals surface area (Å²) < 4.78 is 10.4. The lowest BCUT2D eigenvalue weighted by Gasteiger charge is -2.10. The number of rotatable bonds is 7. The molecular weight excluding hydrogens is 378 g/mol. The second kappa shape index (κ2) is 9.39. The van der Waals surface area contributed by atoms with Crippen LogP contribution >= 0.6 is 11.6 Å². The second-order valence-electron chi connectivity index (χ2n) is 5.31. The van der Waals surface area contributed by atoms with Gasteiger partial charge in [-0.25, -0.2) is 0 Å². The molecule has 10 heteroatoms. The summed E-state index contributed by atoms with van der Waals surface area (Å²) in [7, 11) is 0. The maximum Gasteiger partial charge on any atom is 0.310 e. The smallest absolute Gasteiger partial charge is 0.310 e. The van der Waals surface area contributed by atoms with Crippen LogP contribution in [0.4, 0.5) is 5.69 Å². The Bertz CT molecular complexity index is 858. The molecule has 0 spiro atoms. The average molecular weight is 394 g/mol. The van der Waals surface area contributed by atoms with Gasteiger partial charge < -0.3 is 9.47 Å². The Hall–Kier alpha value is -3.33. The van der Waals surface area contributed by atoms with Gasteiger partial charge in [-0.2, -0.15) is 0 Å². The van der Waals surface area contributed by atoms with Crippen molar-refractivity contribution in [2.45, 2.75) is 6.92 Å². The van der Waals surface area contributed by atoms with E-state index in [1.54, 1.807) is 25.1 Å². The number of amides is 2. The molecule has 2 aromatic rings. The summed E-state index contributed by atoms with van der Waals surface area (Å²) in [4.78, 5) is 33.6. The minimum Gasteiger partial charge on any atom is -0.484 e. The number of ether oxygens (including phenoxy) is 2. The Balaban J connectivity index is 1.74. The molecule has 2 aromatic carbocycles. The van der Waals surface area contributed by atoms with E-state index in [1.165, 1.54) is 24.3 Å². The van der Waals surface area contributed by atoms with E-state index in [-0.39, 0.29) is 18.0 Å². The Labute approximate surface area is 159 Å². The topological polar surface area (TPSA) is 120 Å². The minimum absolute atomic E-state index is 0.0505. The summed E-state index contributed by atoms with van der Waals surface area (Å²) in [5.41, 5.74) is 4.81. The lowest BCUT2D eigenvalue weighted by atomic mass is 10.2. The number of carbonyl (C=O) groups excluding carboxylic acids is 2. The van der Waals surface area contributed by atoms with E-state index in [9.17, 15) is 19.7 Å². The van der Waals surface area contributed by atoms with Gasteiger partial charge in [0.2, 0.25) is 0 Å². The molecule has 142 valence electrons. The number of carbonyl (C=O) groups is 2. The molecule has 0 fully saturated rings. The number of nitro groups is 1. The molecule has 0 aliphatic heterocycles. The van der Waals surface area contributed by atoms with E-state index in [4.69, 9.17) is 21.1 Å². The summed E-state index contributed by atoms with van der Waals surface area (Å²) in [5, 5.41) is 11.4. The zero-order chi connectivity index (χ0) is 19.8. The molecule has 0 radical (unpaired) electrons. The quantitative estimate of drug-likeness (QED) is 0.549. The molecule has 2 N–H and O–H groups in total. The molecule has 0 atom stereocenters. The fraction of sp³-hybridized carbons (Fsp3) is 0.176. The second-order valence-corrected chi connectivity index (χ2v) is 5.72. The molecule has 0 saturated heterocycles. The third-order valence-corrected chi connectivity index (χ3v) is 3.69. The van der Waals surface area contributed by atoms with Crippen LogP contribution < -0.4 is 20.3 Å². The molecule has 0 unspecified atom stereocenters. The fourth-order valence-electron chi connectivity index (χ4n) is 1.94. The van der Waals surface area contributed by atoms with Crippen LogP contribution in [0.15, 0.2) is 42.5 Å². The monoisotopic (exact) mass is 393 g/mol. The predicted molar refractivity (Wildman–Crippen MR) is 96.6 cm³/mol. The number of nitro benzene ring substituents is 1. The number of halogens is 1. The summed E-state index contributed by atoms with van der Waals surface area (Å²) in [5.74, 6) is -0.881. The van der Waals surface area contributed by atoms with Gasteiger partial charge in [0.15, 0.2) is 19.0 Å². The highest BCUT2D eigenvalue weighted by Crippen LogP contribution is 2.25. The van der Waals surface area contributed by atoms with Crippen LogP contribution in [0.2, 0.25) is 5.02 Å². The van der Waals surface area contributed by atoms with Crippen molar-refractivity contribution in [2.75, 3.05) is 13.2 Å². The van der Waals surface area contributed by atoms with Gasteiger partial charge in [-0.05, 0) is 36.8 Å². The van der Waals surface area contributed by atoms with Crippen molar-refractivity contribution in [2.24, 2.45) is 0 Å². The standard InChI is InChI=1S/C17H16ClN3O6/c1-11-8-12(6-7-13(11)18)26-9-16(22)19-20-17(23)10-27-15-5-3-2-4-14(15)21(24)25/h2-8H,9-10H2,1H3,(H,19,22)(H,20,23). The van der Waals surface area contributed by atoms with E-state index >= 15 is 0 Å². The first-order chi connectivity index (χ1) is 12.9. The average Bonchev–Trinajstić information content (AvgIpc) is 2.65. The maximum atomic E-state index is 11.7. The number of aryl methyl sites for hydroxylation is 1. The Morgan fingerprint density at radius 1 is 1.07 bits per heavy atom. The molecule has 9 nitrogen and oxygen atoms in total. The summed E-state index contributed by atoms with van der Waals surface area (Å²) >= 11 is 5.90. The van der Waals surface area contributed by atoms with Crippen molar-refractivity contribution >= 4 is 29.1 Å². The van der Waals surface area contributed by atoms with E-state index < -0.39 is 23.3 Å². The fourth-order valence-corrected chi connectivity index (χ4v) is 2.06. The molecule has 0 aliphatic rings. The first-order valence-electron chi connectivity index (χ1n) is 7.69. The molecule has 0 heterocycles. The molecule has 0 aromatic heterocycles. The SMILES string of the molecule is Cc1cc(OCC(=O)NNC(=O)COc2ccccc2[N+](=O)[O-])ccc1Cl. The number of hydrazine groups is 1. The molecule has 0 aliphatic carbocycles. The molecule has 2 rings (SSSR count). The summed E-state index contributed by atoms with van der Waals surface area (Å²) in [6.07, 6.45) is 0. The van der Waals surface area contributed by atoms with E-state index in [0.29, 0.717) is 10.8 Å². The van der Waals surface area contributed by atoms with E-state index in [1.807, 2.05) is 0 Å². The van der Waals surface area contributed by atoms with Crippen LogP contribution in [-0.4, -0.2) is 30.0 Å². The third kappa shape index (κ3) is 6.15. The number of hydrogen-bond acceptors (Lipinski definition) is 6. The summed E-state index contributed by atoms with van der Waals surface area (Å²) in [6, 6.07) is 10.6. The van der Waals surface area contributed by atoms with Crippen molar-refractivity contribution in [3.8, 4) is 11.5 Å². The van der Waals surface area contributed by atoms with Crippen LogP contribution in [-0.2, 0) is 9.59 Å². The minimum atomic E-state index is -0.691. The Morgan fingerprint density at radius 3 is 2.33 bits per heavy atom. The van der Waals surface area contributed by atoms with E-state index in [2.05, 4.69) is 10.9 Å². The van der Waals surface area contributed by atoms with Crippen LogP contribution in [0, 0.1) is 17.0 Å². The first-order valence-corrected chi connectivity index (χ1v) is 8.07. The van der Waals surface area contributed by atoms with Crippen molar-refractivity contribution in [3.63, 3.8) is 0 Å². The molecule has 0 saturated carbocycles. The van der Waals surface area contributed by atoms with Crippen molar-refractivity contribution in [1.29, 1.82) is 0 Å². The molecule has 2 amide bonds. The van der Waals surface area contributed by atoms with Crippen LogP contribution in [0.3, 0.4) is 0 Å². The molecule has 27 heavy (non-hydrogen) atoms. The maximum absolute atomic E-state index is 11.7. The van der Waals surface area contributed by atoms with Gasteiger partial charge in [0.1, 0.15) is 5.75 Å². The number of hydrogen-bond donors (Lipinski definition) is 2. The highest BCUT2D eigenvalue weighted by atomic mass is 35.5. The van der Waals surface area contributed by atoms with Gasteiger partial charge in [0, 0.05) is 11.1 Å². The highest BCUT2D eigenvalue weighted by Gasteiger charge is 2.15. The van der Waals surface area contributed by atoms with Crippen molar-refractivity contribution in [1.82, 2.24) is 10.9 Å². The molecule has 0 bridgehead atoms. The van der Waals surface area contributed by atoms with Gasteiger partial charge in [0.05, 0.1) is 4.92 Å². The first kappa shape index (κ1) is 20.0. The van der Waals surface area contributed by atoms with Crippen molar-refractivity contribution in [3.05, 3.63) is 63.2 Å². The van der Waals surface area contributed by atoms with Gasteiger partial charge in [0.25, 0.3) is 11.8 Å². The van der Waals surface area contributed by atoms with Crippen molar-refractivity contribution < 1.29 is 24.0 Å². The summed E-state index contributed by atoms with van der Waals surface area (Å²) in [6.45, 7) is 0.960. The zero-order valence-electron chi connectivity index (χ0n) is 14.2. The third-order valence-electron chi connectivity index (χ3n) is 3.26. The van der Waals surface area contributed by atoms with Gasteiger partial charge in [-0.3, -0.25) is 30.6 Å². The predicted octanol–water partition coefficient (Wildman–Crippen LogP) is 2.16. The normalized spacial score (nSPS) is 10.0. The Morgan fingerprint density at radius 2 is 1.70 bits per heavy atom. The van der Waals surface area contributed by atoms with Crippen LogP contribution in [0.5, 0.6) is 11.5 Å². The lowest BCUT2D eigenvalue weighted by molar-refractivity contribution is -0.385. The zero-order valence-corrected chi connectivity index (χ0v) is 15.0. The number of nitrogens with one attached hydrogen (secondary N) is 2. The highest BCUT2D eigenvalue weighted by molar-refractivity contribution is 6.31. The number of benzene rings is 2. The van der Waals surface area contributed by atoms with Crippen LogP contribution in [0.1, 0.15) is 5.56 Å². The van der Waals surface area contributed by atoms with E-state index in [0.717, 1.165) is 5.56 Å². The lowest BCUT2D eigenvalue weighted by Crippen LogP contribution is -2.45. The number of nitrogens with zero attached hydrogens (tertiary/aromatic N) is 1. The van der Waals surface area contributed by atoms with Crippen LogP contribution in [0.25, 0.3) is 0 Å². The largest absolute Gasteiger partial charge is 0.484 e. The van der Waals surface area contributed by atoms with Gasteiger partial charge >= 0.3 is 5.69 Å². The number of para-hydroxylation sites is 2. The van der Waals surface area contributed by atoms with Gasteiger partial charge in [-0.1, -0.05) is 23.7 Å².